The van der Waals surface area contributed by atoms with Crippen molar-refractivity contribution in [3.05, 3.63) is 63.6 Å². The Morgan fingerprint density at radius 3 is 2.63 bits per heavy atom. The highest BCUT2D eigenvalue weighted by molar-refractivity contribution is 7.98. The van der Waals surface area contributed by atoms with Crippen LogP contribution in [0.25, 0.3) is 0 Å². The number of ketones is 1. The molecular weight excluding hydrogens is 299 g/mol. The zero-order valence-corrected chi connectivity index (χ0v) is 12.6. The van der Waals surface area contributed by atoms with Crippen molar-refractivity contribution >= 4 is 40.7 Å². The third kappa shape index (κ3) is 3.75. The van der Waals surface area contributed by atoms with Crippen molar-refractivity contribution in [1.82, 2.24) is 0 Å². The van der Waals surface area contributed by atoms with Gasteiger partial charge in [-0.3, -0.25) is 4.79 Å². The van der Waals surface area contributed by atoms with Crippen LogP contribution < -0.4 is 0 Å². The Hall–Kier alpha value is -0.960. The number of hydrogen-bond acceptors (Lipinski definition) is 2. The predicted octanol–water partition coefficient (Wildman–Crippen LogP) is 5.49. The van der Waals surface area contributed by atoms with E-state index in [-0.39, 0.29) is 5.78 Å². The zero-order valence-electron chi connectivity index (χ0n) is 10.3. The third-order valence-electron chi connectivity index (χ3n) is 2.67. The lowest BCUT2D eigenvalue weighted by Crippen LogP contribution is -1.91. The van der Waals surface area contributed by atoms with E-state index >= 15 is 0 Å². The van der Waals surface area contributed by atoms with Gasteiger partial charge in [0.25, 0.3) is 0 Å². The van der Waals surface area contributed by atoms with E-state index in [0.29, 0.717) is 10.0 Å². The van der Waals surface area contributed by atoms with Crippen molar-refractivity contribution in [3.63, 3.8) is 0 Å². The van der Waals surface area contributed by atoms with Crippen LogP contribution in [0.15, 0.2) is 47.4 Å². The molecule has 1 nitrogen and oxygen atoms in total. The van der Waals surface area contributed by atoms with Gasteiger partial charge in [-0.05, 0) is 30.7 Å². The lowest BCUT2D eigenvalue weighted by Gasteiger charge is -2.06. The molecule has 0 aliphatic rings. The molecule has 0 fully saturated rings. The minimum atomic E-state index is 0.0724. The average Bonchev–Trinajstić information content (AvgIpc) is 2.41. The Morgan fingerprint density at radius 1 is 1.16 bits per heavy atom. The third-order valence-corrected chi connectivity index (χ3v) is 4.57. The lowest BCUT2D eigenvalue weighted by molar-refractivity contribution is 0.101. The van der Waals surface area contributed by atoms with Gasteiger partial charge in [0.1, 0.15) is 0 Å². The Labute approximate surface area is 126 Å². The van der Waals surface area contributed by atoms with E-state index < -0.39 is 0 Å². The predicted molar refractivity (Wildman–Crippen MR) is 82.5 cm³/mol. The fourth-order valence-electron chi connectivity index (χ4n) is 1.63. The molecule has 0 aromatic heterocycles. The maximum Gasteiger partial charge on any atom is 0.159 e. The Balaban J connectivity index is 2.12. The second-order valence-electron chi connectivity index (χ2n) is 4.09. The number of benzene rings is 2. The summed E-state index contributed by atoms with van der Waals surface area (Å²) in [6.07, 6.45) is 0. The molecule has 19 heavy (non-hydrogen) atoms. The molecule has 0 saturated heterocycles. The van der Waals surface area contributed by atoms with Crippen LogP contribution in [0.3, 0.4) is 0 Å². The first kappa shape index (κ1) is 14.4. The van der Waals surface area contributed by atoms with Gasteiger partial charge in [0.05, 0.1) is 10.0 Å². The summed E-state index contributed by atoms with van der Waals surface area (Å²) < 4.78 is 0. The molecule has 0 heterocycles. The highest BCUT2D eigenvalue weighted by atomic mass is 35.5. The molecule has 0 spiro atoms. The fraction of sp³-hybridized carbons (Fsp3) is 0.133. The van der Waals surface area contributed by atoms with Crippen LogP contribution in [-0.2, 0) is 5.75 Å². The molecule has 2 rings (SSSR count). The highest BCUT2D eigenvalue weighted by Crippen LogP contribution is 2.31. The van der Waals surface area contributed by atoms with Gasteiger partial charge in [0, 0.05) is 16.2 Å². The molecule has 0 unspecified atom stereocenters. The quantitative estimate of drug-likeness (QED) is 0.549. The van der Waals surface area contributed by atoms with Crippen LogP contribution in [0.4, 0.5) is 0 Å². The standard InChI is InChI=1S/C15H12Cl2OS/c1-10(18)11-4-2-6-13(8-11)19-9-12-5-3-7-14(16)15(12)17/h2-8H,9H2,1H3. The van der Waals surface area contributed by atoms with Crippen molar-refractivity contribution in [2.75, 3.05) is 0 Å². The van der Waals surface area contributed by atoms with Gasteiger partial charge >= 0.3 is 0 Å². The summed E-state index contributed by atoms with van der Waals surface area (Å²) in [5.41, 5.74) is 1.72. The minimum absolute atomic E-state index is 0.0724. The van der Waals surface area contributed by atoms with E-state index in [1.165, 1.54) is 0 Å². The van der Waals surface area contributed by atoms with Gasteiger partial charge in [-0.15, -0.1) is 11.8 Å². The highest BCUT2D eigenvalue weighted by Gasteiger charge is 2.06. The molecule has 2 aromatic carbocycles. The molecule has 0 N–H and O–H groups in total. The Kier molecular flexibility index (Phi) is 4.92. The number of Topliss-reactive ketones (excluding diaryl/α,β-unsaturated/α-hetero) is 1. The first-order chi connectivity index (χ1) is 9.08. The number of carbonyl (C=O) groups excluding carboxylic acids is 1. The molecule has 4 heteroatoms. The van der Waals surface area contributed by atoms with Crippen LogP contribution in [0.5, 0.6) is 0 Å². The van der Waals surface area contributed by atoms with E-state index in [0.717, 1.165) is 21.8 Å². The summed E-state index contributed by atoms with van der Waals surface area (Å²) in [5.74, 6) is 0.795. The molecular formula is C15H12Cl2OS. The Morgan fingerprint density at radius 2 is 1.89 bits per heavy atom. The summed E-state index contributed by atoms with van der Waals surface area (Å²) in [6, 6.07) is 13.2. The summed E-state index contributed by atoms with van der Waals surface area (Å²) in [4.78, 5) is 12.4. The topological polar surface area (TPSA) is 17.1 Å². The van der Waals surface area contributed by atoms with Gasteiger partial charge in [0.15, 0.2) is 5.78 Å². The molecule has 2 aromatic rings. The molecule has 98 valence electrons. The summed E-state index contributed by atoms with van der Waals surface area (Å²) in [7, 11) is 0. The summed E-state index contributed by atoms with van der Waals surface area (Å²) in [5, 5.41) is 1.16. The average molecular weight is 311 g/mol. The van der Waals surface area contributed by atoms with Crippen molar-refractivity contribution in [1.29, 1.82) is 0 Å². The number of thioether (sulfide) groups is 1. The Bertz CT molecular complexity index is 611. The van der Waals surface area contributed by atoms with Crippen LogP contribution in [0.2, 0.25) is 10.0 Å². The molecule has 0 aliphatic carbocycles. The van der Waals surface area contributed by atoms with Crippen LogP contribution in [0, 0.1) is 0 Å². The molecule has 0 radical (unpaired) electrons. The van der Waals surface area contributed by atoms with Crippen molar-refractivity contribution in [3.8, 4) is 0 Å². The van der Waals surface area contributed by atoms with Gasteiger partial charge in [-0.1, -0.05) is 47.5 Å². The maximum absolute atomic E-state index is 11.3. The molecule has 0 atom stereocenters. The summed E-state index contributed by atoms with van der Waals surface area (Å²) in [6.45, 7) is 1.57. The molecule has 0 bridgehead atoms. The number of halogens is 2. The largest absolute Gasteiger partial charge is 0.295 e. The maximum atomic E-state index is 11.3. The number of hydrogen-bond donors (Lipinski definition) is 0. The molecule has 0 amide bonds. The lowest BCUT2D eigenvalue weighted by atomic mass is 10.2. The molecule has 0 saturated carbocycles. The van der Waals surface area contributed by atoms with Crippen LogP contribution >= 0.6 is 35.0 Å². The van der Waals surface area contributed by atoms with Crippen molar-refractivity contribution in [2.45, 2.75) is 17.6 Å². The monoisotopic (exact) mass is 310 g/mol. The first-order valence-corrected chi connectivity index (χ1v) is 7.49. The second-order valence-corrected chi connectivity index (χ2v) is 5.92. The fourth-order valence-corrected chi connectivity index (χ4v) is 3.04. The van der Waals surface area contributed by atoms with E-state index in [1.54, 1.807) is 24.8 Å². The smallest absolute Gasteiger partial charge is 0.159 e. The van der Waals surface area contributed by atoms with E-state index in [1.807, 2.05) is 36.4 Å². The normalized spacial score (nSPS) is 10.5. The number of carbonyl (C=O) groups is 1. The summed E-state index contributed by atoms with van der Waals surface area (Å²) >= 11 is 13.8. The van der Waals surface area contributed by atoms with E-state index in [4.69, 9.17) is 23.2 Å². The zero-order chi connectivity index (χ0) is 13.8. The first-order valence-electron chi connectivity index (χ1n) is 5.74. The van der Waals surface area contributed by atoms with E-state index in [2.05, 4.69) is 0 Å². The molecule has 0 aliphatic heterocycles. The van der Waals surface area contributed by atoms with Crippen LogP contribution in [0.1, 0.15) is 22.8 Å². The van der Waals surface area contributed by atoms with Gasteiger partial charge in [0.2, 0.25) is 0 Å². The van der Waals surface area contributed by atoms with Crippen molar-refractivity contribution in [2.24, 2.45) is 0 Å². The van der Waals surface area contributed by atoms with Gasteiger partial charge in [-0.2, -0.15) is 0 Å². The van der Waals surface area contributed by atoms with Gasteiger partial charge in [-0.25, -0.2) is 0 Å². The SMILES string of the molecule is CC(=O)c1cccc(SCc2cccc(Cl)c2Cl)c1. The van der Waals surface area contributed by atoms with Crippen LogP contribution in [-0.4, -0.2) is 5.78 Å². The van der Waals surface area contributed by atoms with E-state index in [9.17, 15) is 4.79 Å². The van der Waals surface area contributed by atoms with Gasteiger partial charge < -0.3 is 0 Å². The number of rotatable bonds is 4. The minimum Gasteiger partial charge on any atom is -0.295 e. The van der Waals surface area contributed by atoms with Crippen molar-refractivity contribution < 1.29 is 4.79 Å². The second kappa shape index (κ2) is 6.47.